The summed E-state index contributed by atoms with van der Waals surface area (Å²) in [6.45, 7) is 15.7. The fourth-order valence-corrected chi connectivity index (χ4v) is 8.02. The Morgan fingerprint density at radius 2 is 1.84 bits per heavy atom. The number of ether oxygens (including phenoxy) is 5. The van der Waals surface area contributed by atoms with E-state index in [1.165, 1.54) is 6.92 Å². The maximum Gasteiger partial charge on any atom is 0.410 e. The molecular weight excluding hydrogens is 636 g/mol. The fraction of sp³-hybridized carbons (Fsp3) is 0.912. The average molecular weight is 697 g/mol. The van der Waals surface area contributed by atoms with Crippen molar-refractivity contribution in [3.8, 4) is 0 Å². The van der Waals surface area contributed by atoms with E-state index in [2.05, 4.69) is 22.3 Å². The molecule has 0 bridgehead atoms. The van der Waals surface area contributed by atoms with Crippen molar-refractivity contribution in [1.29, 1.82) is 0 Å². The molecule has 3 rings (SSSR count). The number of methoxy groups -OCH3 is 1. The van der Waals surface area contributed by atoms with E-state index < -0.39 is 71.5 Å². The Labute approximate surface area is 291 Å². The van der Waals surface area contributed by atoms with Crippen molar-refractivity contribution in [3.63, 3.8) is 0 Å². The van der Waals surface area contributed by atoms with Gasteiger partial charge >= 0.3 is 12.1 Å². The number of nitrogens with zero attached hydrogens (tertiary/aromatic N) is 5. The van der Waals surface area contributed by atoms with Crippen molar-refractivity contribution >= 4 is 17.8 Å². The molecule has 3 saturated heterocycles. The highest BCUT2D eigenvalue weighted by molar-refractivity contribution is 6.00. The van der Waals surface area contributed by atoms with E-state index in [1.807, 2.05) is 46.7 Å². The molecule has 3 fully saturated rings. The summed E-state index contributed by atoms with van der Waals surface area (Å²) in [4.78, 5) is 47.7. The number of Topliss-reactive ketones (excluding diaryl/α,β-unsaturated/α-hetero) is 1. The normalized spacial score (nSPS) is 41.3. The van der Waals surface area contributed by atoms with Gasteiger partial charge < -0.3 is 39.0 Å². The number of nitrogens with one attached hydrogen (secondary N) is 1. The second-order valence-corrected chi connectivity index (χ2v) is 14.9. The lowest BCUT2D eigenvalue weighted by molar-refractivity contribution is -0.295. The van der Waals surface area contributed by atoms with Crippen molar-refractivity contribution < 1.29 is 43.2 Å². The molecule has 15 heteroatoms. The molecule has 2 N–H and O–H groups in total. The van der Waals surface area contributed by atoms with Crippen LogP contribution in [0.25, 0.3) is 10.4 Å². The van der Waals surface area contributed by atoms with Gasteiger partial charge in [-0.2, -0.15) is 0 Å². The Hall–Kier alpha value is -2.52. The van der Waals surface area contributed by atoms with Crippen LogP contribution >= 0.6 is 0 Å². The number of cyclic esters (lactones) is 1. The molecule has 15 nitrogen and oxygen atoms in total. The van der Waals surface area contributed by atoms with Crippen LogP contribution in [0.4, 0.5) is 4.79 Å². The summed E-state index contributed by atoms with van der Waals surface area (Å²) in [5.74, 6) is -3.20. The van der Waals surface area contributed by atoms with E-state index in [9.17, 15) is 19.5 Å². The third kappa shape index (κ3) is 9.05. The summed E-state index contributed by atoms with van der Waals surface area (Å²) in [5.41, 5.74) is 6.45. The van der Waals surface area contributed by atoms with Crippen LogP contribution in [0, 0.1) is 17.8 Å². The third-order valence-corrected chi connectivity index (χ3v) is 10.8. The van der Waals surface area contributed by atoms with Crippen LogP contribution < -0.4 is 5.32 Å². The first-order valence-corrected chi connectivity index (χ1v) is 17.6. The number of azide groups is 1. The zero-order valence-corrected chi connectivity index (χ0v) is 31.2. The fourth-order valence-electron chi connectivity index (χ4n) is 8.02. The summed E-state index contributed by atoms with van der Waals surface area (Å²) in [7, 11) is 5.35. The second kappa shape index (κ2) is 17.1. The Morgan fingerprint density at radius 1 is 1.16 bits per heavy atom. The smallest absolute Gasteiger partial charge is 0.410 e. The molecule has 0 aromatic rings. The summed E-state index contributed by atoms with van der Waals surface area (Å²) in [5, 5.41) is 18.5. The Morgan fingerprint density at radius 3 is 2.43 bits per heavy atom. The zero-order chi connectivity index (χ0) is 36.8. The molecule has 3 aliphatic heterocycles. The number of aliphatic hydroxyl groups is 1. The molecule has 0 saturated carbocycles. The number of aliphatic hydroxyl groups excluding tert-OH is 1. The van der Waals surface area contributed by atoms with Gasteiger partial charge in [0.05, 0.1) is 23.9 Å². The number of hydrogen-bond donors (Lipinski definition) is 2. The zero-order valence-electron chi connectivity index (χ0n) is 31.2. The maximum absolute atomic E-state index is 14.2. The lowest BCUT2D eigenvalue weighted by Crippen LogP contribution is -2.61. The monoisotopic (exact) mass is 696 g/mol. The highest BCUT2D eigenvalue weighted by Gasteiger charge is 2.58. The first-order valence-electron chi connectivity index (χ1n) is 17.6. The predicted octanol–water partition coefficient (Wildman–Crippen LogP) is 3.66. The van der Waals surface area contributed by atoms with E-state index >= 15 is 0 Å². The number of amides is 1. The number of rotatable bonds is 9. The number of esters is 1. The van der Waals surface area contributed by atoms with Gasteiger partial charge in [0.2, 0.25) is 0 Å². The minimum Gasteiger partial charge on any atom is -0.458 e. The van der Waals surface area contributed by atoms with Gasteiger partial charge in [-0.05, 0) is 92.4 Å². The lowest BCUT2D eigenvalue weighted by Gasteiger charge is -2.46. The minimum absolute atomic E-state index is 0.0171. The van der Waals surface area contributed by atoms with Gasteiger partial charge in [-0.3, -0.25) is 14.5 Å². The van der Waals surface area contributed by atoms with Crippen LogP contribution in [0.5, 0.6) is 0 Å². The van der Waals surface area contributed by atoms with E-state index in [1.54, 1.807) is 25.9 Å². The number of fused-ring (bicyclic) bond motifs is 1. The molecule has 0 radical (unpaired) electrons. The van der Waals surface area contributed by atoms with Gasteiger partial charge in [0.1, 0.15) is 18.1 Å². The molecule has 3 unspecified atom stereocenters. The first kappa shape index (κ1) is 40.9. The second-order valence-electron chi connectivity index (χ2n) is 14.9. The summed E-state index contributed by atoms with van der Waals surface area (Å²) in [6.07, 6.45) is -2.73. The molecule has 3 heterocycles. The first-order chi connectivity index (χ1) is 22.9. The van der Waals surface area contributed by atoms with Crippen molar-refractivity contribution in [2.75, 3.05) is 40.8 Å². The van der Waals surface area contributed by atoms with Gasteiger partial charge in [0.25, 0.3) is 0 Å². The number of carbonyl (C=O) groups excluding carboxylic acids is 3. The van der Waals surface area contributed by atoms with Gasteiger partial charge in [0.15, 0.2) is 17.7 Å². The number of ketones is 1. The van der Waals surface area contributed by atoms with Crippen molar-refractivity contribution in [3.05, 3.63) is 10.4 Å². The van der Waals surface area contributed by atoms with Crippen LogP contribution in [0.2, 0.25) is 0 Å². The van der Waals surface area contributed by atoms with Gasteiger partial charge in [-0.1, -0.05) is 25.9 Å². The lowest BCUT2D eigenvalue weighted by atomic mass is 9.78. The average Bonchev–Trinajstić information content (AvgIpc) is 3.31. The van der Waals surface area contributed by atoms with Crippen molar-refractivity contribution in [1.82, 2.24) is 15.1 Å². The van der Waals surface area contributed by atoms with Crippen molar-refractivity contribution in [2.45, 2.75) is 141 Å². The van der Waals surface area contributed by atoms with Gasteiger partial charge in [0, 0.05) is 43.1 Å². The van der Waals surface area contributed by atoms with E-state index in [4.69, 9.17) is 29.2 Å². The van der Waals surface area contributed by atoms with Crippen LogP contribution in [0.3, 0.4) is 0 Å². The Balaban J connectivity index is 2.04. The van der Waals surface area contributed by atoms with E-state index in [0.717, 1.165) is 0 Å². The minimum atomic E-state index is -1.25. The van der Waals surface area contributed by atoms with Crippen LogP contribution in [0.15, 0.2) is 5.11 Å². The topological polar surface area (TPSA) is 185 Å². The SMILES string of the molecule is CC[C@H]1OC(=O)[C@H](C)C(=O)[C@H](C)[C@@H](O[C@@H]2OC(C)CC(N(C)C)C2O)[C@](C)(OC)C[C@@H](C)CN[C@H](C)[C@H]2N(CCCN=[N+]=[N-])C(=O)O[C@]12C. The van der Waals surface area contributed by atoms with Crippen LogP contribution in [0.1, 0.15) is 81.1 Å². The molecule has 1 amide bonds. The summed E-state index contributed by atoms with van der Waals surface area (Å²) >= 11 is 0. The molecule has 13 atom stereocenters. The molecule has 0 aliphatic carbocycles. The molecule has 49 heavy (non-hydrogen) atoms. The quantitative estimate of drug-likeness (QED) is 0.0895. The Kier molecular flexibility index (Phi) is 14.3. The summed E-state index contributed by atoms with van der Waals surface area (Å²) < 4.78 is 31.0. The van der Waals surface area contributed by atoms with Crippen LogP contribution in [-0.4, -0.2) is 134 Å². The standard InChI is InChI=1S/C34H60N6O9/c1-12-25-34(8)28(40(32(44)49-34)15-13-14-37-38-35)23(6)36-18-19(2)17-33(7,45-11)29(21(4)26(41)22(5)30(43)47-25)48-31-27(42)24(39(9)10)16-20(3)46-31/h19-25,27-29,31,36,42H,12-18H2,1-11H3/t19-,20?,21+,22-,23-,24?,25-,27?,28-,29-,31+,33-,34-/m1/s1. The van der Waals surface area contributed by atoms with E-state index in [0.29, 0.717) is 32.2 Å². The molecule has 0 aromatic carbocycles. The van der Waals surface area contributed by atoms with Gasteiger partial charge in [-0.25, -0.2) is 4.79 Å². The molecule has 280 valence electrons. The molecule has 3 aliphatic rings. The summed E-state index contributed by atoms with van der Waals surface area (Å²) in [6, 6.07) is -1.09. The largest absolute Gasteiger partial charge is 0.458 e. The molecule has 0 spiro atoms. The van der Waals surface area contributed by atoms with Crippen LogP contribution in [-0.2, 0) is 33.3 Å². The number of carbonyl (C=O) groups is 3. The number of likely N-dealkylation sites (N-methyl/N-ethyl adjacent to an activating group) is 1. The molecule has 0 aromatic heterocycles. The number of hydrogen-bond acceptors (Lipinski definition) is 12. The Bertz CT molecular complexity index is 1200. The highest BCUT2D eigenvalue weighted by Crippen LogP contribution is 2.40. The van der Waals surface area contributed by atoms with Gasteiger partial charge in [-0.15, -0.1) is 0 Å². The maximum atomic E-state index is 14.2. The third-order valence-electron chi connectivity index (χ3n) is 10.8. The highest BCUT2D eigenvalue weighted by atomic mass is 16.7. The van der Waals surface area contributed by atoms with Crippen molar-refractivity contribution in [2.24, 2.45) is 22.9 Å². The molecular formula is C34H60N6O9. The predicted molar refractivity (Wildman–Crippen MR) is 181 cm³/mol. The van der Waals surface area contributed by atoms with E-state index in [-0.39, 0.29) is 37.2 Å².